The van der Waals surface area contributed by atoms with E-state index in [1.54, 1.807) is 41.3 Å². The summed E-state index contributed by atoms with van der Waals surface area (Å²) in [6.07, 6.45) is 6.84. The number of aliphatic imine (C=N–C) groups is 1. The minimum absolute atomic E-state index is 0.0720. The van der Waals surface area contributed by atoms with Crippen LogP contribution < -0.4 is 0 Å². The normalized spacial score (nSPS) is 20.1. The van der Waals surface area contributed by atoms with Crippen molar-refractivity contribution in [2.45, 2.75) is 38.1 Å². The lowest BCUT2D eigenvalue weighted by Crippen LogP contribution is -2.40. The van der Waals surface area contributed by atoms with Crippen molar-refractivity contribution in [2.24, 2.45) is 4.99 Å². The van der Waals surface area contributed by atoms with Gasteiger partial charge in [0.15, 0.2) is 5.17 Å². The quantitative estimate of drug-likeness (QED) is 0.504. The van der Waals surface area contributed by atoms with Gasteiger partial charge in [0.05, 0.1) is 16.2 Å². The Labute approximate surface area is 194 Å². The van der Waals surface area contributed by atoms with Gasteiger partial charge in [-0.25, -0.2) is 9.79 Å². The van der Waals surface area contributed by atoms with E-state index in [1.807, 2.05) is 0 Å². The van der Waals surface area contributed by atoms with Gasteiger partial charge in [0.25, 0.3) is 5.91 Å². The SMILES string of the molecule is O=C(O)c1cccc(N=C2S/C(=C\c3c(Cl)cccc3Cl)C(=O)N2C2CCCCC2)c1. The molecule has 8 heteroatoms. The number of rotatable bonds is 4. The molecule has 2 aromatic rings. The molecule has 4 rings (SSSR count). The molecule has 2 aromatic carbocycles. The topological polar surface area (TPSA) is 70.0 Å². The molecule has 2 fully saturated rings. The fraction of sp³-hybridized carbons (Fsp3) is 0.261. The predicted molar refractivity (Wildman–Crippen MR) is 126 cm³/mol. The Kier molecular flexibility index (Phi) is 6.70. The van der Waals surface area contributed by atoms with E-state index in [1.165, 1.54) is 23.9 Å². The molecule has 1 amide bonds. The van der Waals surface area contributed by atoms with Crippen LogP contribution in [0.25, 0.3) is 6.08 Å². The molecule has 2 aliphatic rings. The highest BCUT2D eigenvalue weighted by Crippen LogP contribution is 2.40. The molecule has 160 valence electrons. The molecule has 1 aliphatic carbocycles. The summed E-state index contributed by atoms with van der Waals surface area (Å²) >= 11 is 13.9. The van der Waals surface area contributed by atoms with E-state index in [-0.39, 0.29) is 17.5 Å². The molecule has 1 saturated heterocycles. The number of halogens is 2. The Balaban J connectivity index is 1.75. The van der Waals surface area contributed by atoms with E-state index in [0.717, 1.165) is 32.1 Å². The minimum Gasteiger partial charge on any atom is -0.478 e. The molecule has 5 nitrogen and oxygen atoms in total. The van der Waals surface area contributed by atoms with Gasteiger partial charge < -0.3 is 5.11 Å². The van der Waals surface area contributed by atoms with Gasteiger partial charge >= 0.3 is 5.97 Å². The summed E-state index contributed by atoms with van der Waals surface area (Å²) in [6, 6.07) is 11.7. The van der Waals surface area contributed by atoms with Crippen molar-refractivity contribution in [2.75, 3.05) is 0 Å². The number of thioether (sulfide) groups is 1. The van der Waals surface area contributed by atoms with E-state index >= 15 is 0 Å². The number of hydrogen-bond acceptors (Lipinski definition) is 4. The molecule has 0 aromatic heterocycles. The first-order valence-electron chi connectivity index (χ1n) is 10.0. The van der Waals surface area contributed by atoms with Gasteiger partial charge in [-0.1, -0.05) is 54.6 Å². The van der Waals surface area contributed by atoms with Crippen LogP contribution in [0.1, 0.15) is 48.0 Å². The molecule has 1 aliphatic heterocycles. The molecule has 1 N–H and O–H groups in total. The molecular weight excluding hydrogens is 455 g/mol. The first-order chi connectivity index (χ1) is 14.9. The lowest BCUT2D eigenvalue weighted by Gasteiger charge is -2.30. The zero-order valence-corrected chi connectivity index (χ0v) is 18.9. The molecule has 31 heavy (non-hydrogen) atoms. The molecule has 0 radical (unpaired) electrons. The number of carbonyl (C=O) groups excluding carboxylic acids is 1. The van der Waals surface area contributed by atoms with Crippen molar-refractivity contribution >= 4 is 63.8 Å². The third-order valence-corrected chi connectivity index (χ3v) is 7.01. The van der Waals surface area contributed by atoms with Crippen LogP contribution in [0.15, 0.2) is 52.4 Å². The molecule has 0 atom stereocenters. The Morgan fingerprint density at radius 3 is 2.45 bits per heavy atom. The van der Waals surface area contributed by atoms with Gasteiger partial charge in [0.2, 0.25) is 0 Å². The maximum atomic E-state index is 13.4. The van der Waals surface area contributed by atoms with Crippen molar-refractivity contribution in [1.82, 2.24) is 4.90 Å². The van der Waals surface area contributed by atoms with Gasteiger partial charge in [0, 0.05) is 21.7 Å². The summed E-state index contributed by atoms with van der Waals surface area (Å²) in [5.74, 6) is -1.14. The molecule has 0 unspecified atom stereocenters. The second-order valence-electron chi connectivity index (χ2n) is 7.46. The number of hydrogen-bond donors (Lipinski definition) is 1. The Bertz CT molecular complexity index is 1070. The first-order valence-corrected chi connectivity index (χ1v) is 11.6. The average molecular weight is 475 g/mol. The second-order valence-corrected chi connectivity index (χ2v) is 9.29. The summed E-state index contributed by atoms with van der Waals surface area (Å²) in [6.45, 7) is 0. The highest BCUT2D eigenvalue weighted by molar-refractivity contribution is 8.18. The number of carboxylic acid groups (broad SMARTS) is 1. The Morgan fingerprint density at radius 1 is 1.10 bits per heavy atom. The number of aromatic carboxylic acids is 1. The molecule has 0 spiro atoms. The smallest absolute Gasteiger partial charge is 0.335 e. The summed E-state index contributed by atoms with van der Waals surface area (Å²) in [7, 11) is 0. The van der Waals surface area contributed by atoms with Crippen LogP contribution in [0.3, 0.4) is 0 Å². The first kappa shape index (κ1) is 21.9. The van der Waals surface area contributed by atoms with Crippen LogP contribution in [0, 0.1) is 0 Å². The highest BCUT2D eigenvalue weighted by Gasteiger charge is 2.38. The van der Waals surface area contributed by atoms with Crippen LogP contribution in [-0.4, -0.2) is 33.1 Å². The van der Waals surface area contributed by atoms with Crippen LogP contribution in [0.2, 0.25) is 10.0 Å². The standard InChI is InChI=1S/C23H20Cl2N2O3S/c24-18-10-5-11-19(25)17(18)13-20-21(28)27(16-8-2-1-3-9-16)23(31-20)26-15-7-4-6-14(12-15)22(29)30/h4-7,10-13,16H,1-3,8-9H2,(H,29,30)/b20-13-,26-23?. The molecule has 0 bridgehead atoms. The van der Waals surface area contributed by atoms with E-state index in [9.17, 15) is 14.7 Å². The molecule has 1 heterocycles. The van der Waals surface area contributed by atoms with Crippen LogP contribution in [-0.2, 0) is 4.79 Å². The summed E-state index contributed by atoms with van der Waals surface area (Å²) in [5.41, 5.74) is 1.24. The number of benzene rings is 2. The zero-order chi connectivity index (χ0) is 22.0. The van der Waals surface area contributed by atoms with E-state index < -0.39 is 5.97 Å². The zero-order valence-electron chi connectivity index (χ0n) is 16.6. The molecular formula is C23H20Cl2N2O3S. The van der Waals surface area contributed by atoms with E-state index in [4.69, 9.17) is 23.2 Å². The maximum absolute atomic E-state index is 13.4. The Hall–Kier alpha value is -2.28. The van der Waals surface area contributed by atoms with Crippen molar-refractivity contribution in [3.05, 3.63) is 68.5 Å². The third-order valence-electron chi connectivity index (χ3n) is 5.37. The van der Waals surface area contributed by atoms with Gasteiger partial charge in [-0.2, -0.15) is 0 Å². The summed E-state index contributed by atoms with van der Waals surface area (Å²) in [5, 5.41) is 10.8. The van der Waals surface area contributed by atoms with Crippen molar-refractivity contribution < 1.29 is 14.7 Å². The van der Waals surface area contributed by atoms with Crippen LogP contribution in [0.5, 0.6) is 0 Å². The van der Waals surface area contributed by atoms with E-state index in [0.29, 0.717) is 31.4 Å². The number of carboxylic acids is 1. The number of amidine groups is 1. The van der Waals surface area contributed by atoms with E-state index in [2.05, 4.69) is 4.99 Å². The predicted octanol–water partition coefficient (Wildman–Crippen LogP) is 6.63. The average Bonchev–Trinajstić information content (AvgIpc) is 3.06. The Morgan fingerprint density at radius 2 is 1.77 bits per heavy atom. The lowest BCUT2D eigenvalue weighted by atomic mass is 9.94. The van der Waals surface area contributed by atoms with Gasteiger partial charge in [0.1, 0.15) is 0 Å². The van der Waals surface area contributed by atoms with Crippen molar-refractivity contribution in [3.8, 4) is 0 Å². The monoisotopic (exact) mass is 474 g/mol. The van der Waals surface area contributed by atoms with Gasteiger partial charge in [-0.3, -0.25) is 9.69 Å². The van der Waals surface area contributed by atoms with Crippen molar-refractivity contribution in [1.29, 1.82) is 0 Å². The number of nitrogens with zero attached hydrogens (tertiary/aromatic N) is 2. The largest absolute Gasteiger partial charge is 0.478 e. The van der Waals surface area contributed by atoms with Crippen LogP contribution in [0.4, 0.5) is 5.69 Å². The maximum Gasteiger partial charge on any atom is 0.335 e. The van der Waals surface area contributed by atoms with Crippen LogP contribution >= 0.6 is 35.0 Å². The fourth-order valence-corrected chi connectivity index (χ4v) is 5.37. The van der Waals surface area contributed by atoms with Crippen molar-refractivity contribution in [3.63, 3.8) is 0 Å². The molecule has 1 saturated carbocycles. The van der Waals surface area contributed by atoms with Gasteiger partial charge in [-0.05, 0) is 61.0 Å². The second kappa shape index (κ2) is 9.47. The summed E-state index contributed by atoms with van der Waals surface area (Å²) < 4.78 is 0. The third kappa shape index (κ3) is 4.81. The lowest BCUT2D eigenvalue weighted by molar-refractivity contribution is -0.124. The number of amides is 1. The highest BCUT2D eigenvalue weighted by atomic mass is 35.5. The number of carbonyl (C=O) groups is 2. The van der Waals surface area contributed by atoms with Gasteiger partial charge in [-0.15, -0.1) is 0 Å². The summed E-state index contributed by atoms with van der Waals surface area (Å²) in [4.78, 5) is 31.6. The minimum atomic E-state index is -1.02. The fourth-order valence-electron chi connectivity index (χ4n) is 3.82.